The normalized spacial score (nSPS) is 20.3. The van der Waals surface area contributed by atoms with Crippen LogP contribution in [0.5, 0.6) is 0 Å². The molecule has 1 aliphatic heterocycles. The van der Waals surface area contributed by atoms with E-state index < -0.39 is 12.1 Å². The summed E-state index contributed by atoms with van der Waals surface area (Å²) in [6.45, 7) is 2.96. The average molecular weight is 281 g/mol. The maximum atomic E-state index is 12.6. The van der Waals surface area contributed by atoms with Crippen molar-refractivity contribution in [3.8, 4) is 0 Å². The van der Waals surface area contributed by atoms with Crippen molar-refractivity contribution in [2.75, 3.05) is 32.7 Å². The van der Waals surface area contributed by atoms with Gasteiger partial charge in [-0.05, 0) is 31.8 Å². The van der Waals surface area contributed by atoms with E-state index in [0.717, 1.165) is 12.8 Å². The van der Waals surface area contributed by atoms with Crippen molar-refractivity contribution in [2.24, 2.45) is 17.6 Å². The smallest absolute Gasteiger partial charge is 0.356 e. The predicted octanol–water partition coefficient (Wildman–Crippen LogP) is 0.972. The fourth-order valence-corrected chi connectivity index (χ4v) is 2.28. The van der Waals surface area contributed by atoms with Crippen LogP contribution >= 0.6 is 0 Å². The number of nitrogens with zero attached hydrogens (tertiary/aromatic N) is 1. The third-order valence-corrected chi connectivity index (χ3v) is 3.57. The summed E-state index contributed by atoms with van der Waals surface area (Å²) in [7, 11) is 0. The lowest BCUT2D eigenvalue weighted by Crippen LogP contribution is -2.45. The molecule has 0 spiro atoms. The molecule has 19 heavy (non-hydrogen) atoms. The van der Waals surface area contributed by atoms with Gasteiger partial charge in [0.05, 0.1) is 5.92 Å². The summed E-state index contributed by atoms with van der Waals surface area (Å²) < 4.78 is 37.8. The van der Waals surface area contributed by atoms with Gasteiger partial charge in [0.2, 0.25) is 5.91 Å². The van der Waals surface area contributed by atoms with E-state index in [1.165, 1.54) is 6.92 Å². The van der Waals surface area contributed by atoms with Gasteiger partial charge in [0, 0.05) is 26.6 Å². The summed E-state index contributed by atoms with van der Waals surface area (Å²) in [6, 6.07) is 0. The molecule has 3 N–H and O–H groups in total. The molecule has 4 nitrogen and oxygen atoms in total. The van der Waals surface area contributed by atoms with E-state index in [4.69, 9.17) is 5.73 Å². The molecule has 112 valence electrons. The van der Waals surface area contributed by atoms with Crippen LogP contribution in [-0.2, 0) is 4.79 Å². The number of likely N-dealkylation sites (tertiary alicyclic amines) is 1. The maximum absolute atomic E-state index is 12.6. The van der Waals surface area contributed by atoms with Crippen LogP contribution in [0.4, 0.5) is 13.2 Å². The van der Waals surface area contributed by atoms with Crippen LogP contribution in [0.15, 0.2) is 0 Å². The largest absolute Gasteiger partial charge is 0.394 e. The van der Waals surface area contributed by atoms with Crippen molar-refractivity contribution in [1.29, 1.82) is 0 Å². The number of piperidine rings is 1. The summed E-state index contributed by atoms with van der Waals surface area (Å²) in [5, 5.41) is 2.75. The quantitative estimate of drug-likeness (QED) is 0.789. The molecule has 0 aromatic heterocycles. The number of nitrogens with one attached hydrogen (secondary N) is 1. The van der Waals surface area contributed by atoms with E-state index in [9.17, 15) is 18.0 Å². The van der Waals surface area contributed by atoms with E-state index in [2.05, 4.69) is 5.32 Å². The molecule has 0 aromatic rings. The van der Waals surface area contributed by atoms with Gasteiger partial charge in [-0.2, -0.15) is 13.2 Å². The first kappa shape index (κ1) is 16.2. The zero-order chi connectivity index (χ0) is 14.5. The molecule has 1 unspecified atom stereocenters. The fraction of sp³-hybridized carbons (Fsp3) is 0.917. The van der Waals surface area contributed by atoms with Crippen molar-refractivity contribution in [1.82, 2.24) is 10.2 Å². The number of alkyl halides is 3. The molecule has 1 aliphatic rings. The summed E-state index contributed by atoms with van der Waals surface area (Å²) in [4.78, 5) is 12.6. The van der Waals surface area contributed by atoms with Crippen LogP contribution < -0.4 is 11.1 Å². The number of carbonyl (C=O) groups excluding carboxylic acids is 1. The highest BCUT2D eigenvalue weighted by molar-refractivity contribution is 5.72. The van der Waals surface area contributed by atoms with Crippen LogP contribution in [0.2, 0.25) is 0 Å². The van der Waals surface area contributed by atoms with Gasteiger partial charge >= 0.3 is 6.18 Å². The van der Waals surface area contributed by atoms with Crippen molar-refractivity contribution in [3.05, 3.63) is 0 Å². The van der Waals surface area contributed by atoms with Gasteiger partial charge in [0.25, 0.3) is 0 Å². The third-order valence-electron chi connectivity index (χ3n) is 3.57. The number of amides is 1. The Kier molecular flexibility index (Phi) is 6.06. The summed E-state index contributed by atoms with van der Waals surface area (Å²) >= 11 is 0. The number of carbonyl (C=O) groups is 1. The minimum Gasteiger partial charge on any atom is -0.356 e. The van der Waals surface area contributed by atoms with Crippen molar-refractivity contribution in [2.45, 2.75) is 25.9 Å². The first-order valence-electron chi connectivity index (χ1n) is 6.56. The summed E-state index contributed by atoms with van der Waals surface area (Å²) in [6.07, 6.45) is -2.59. The first-order chi connectivity index (χ1) is 8.82. The molecule has 0 saturated carbocycles. The SMILES string of the molecule is CC(=O)NCC1CCN(CC(CN)C(F)(F)F)CC1. The topological polar surface area (TPSA) is 58.4 Å². The van der Waals surface area contributed by atoms with Gasteiger partial charge < -0.3 is 16.0 Å². The second-order valence-corrected chi connectivity index (χ2v) is 5.16. The molecule has 1 fully saturated rings. The highest BCUT2D eigenvalue weighted by atomic mass is 19.4. The van der Waals surface area contributed by atoms with Crippen LogP contribution in [0.1, 0.15) is 19.8 Å². The lowest BCUT2D eigenvalue weighted by atomic mass is 9.95. The zero-order valence-corrected chi connectivity index (χ0v) is 11.2. The second-order valence-electron chi connectivity index (χ2n) is 5.16. The van der Waals surface area contributed by atoms with E-state index in [-0.39, 0.29) is 19.0 Å². The highest BCUT2D eigenvalue weighted by Gasteiger charge is 2.39. The van der Waals surface area contributed by atoms with E-state index in [0.29, 0.717) is 25.6 Å². The third kappa shape index (κ3) is 5.78. The molecular formula is C12H22F3N3O. The monoisotopic (exact) mass is 281 g/mol. The molecular weight excluding hydrogens is 259 g/mol. The Morgan fingerprint density at radius 2 is 2.00 bits per heavy atom. The second kappa shape index (κ2) is 7.09. The molecule has 1 amide bonds. The lowest BCUT2D eigenvalue weighted by molar-refractivity contribution is -0.177. The Morgan fingerprint density at radius 1 is 1.42 bits per heavy atom. The van der Waals surface area contributed by atoms with Gasteiger partial charge in [0.15, 0.2) is 0 Å². The minimum atomic E-state index is -4.22. The Hall–Kier alpha value is -0.820. The number of hydrogen-bond donors (Lipinski definition) is 2. The molecule has 0 bridgehead atoms. The summed E-state index contributed by atoms with van der Waals surface area (Å²) in [5.41, 5.74) is 5.19. The molecule has 1 saturated heterocycles. The molecule has 7 heteroatoms. The Labute approximate surface area is 111 Å². The van der Waals surface area contributed by atoms with Crippen LogP contribution in [0.25, 0.3) is 0 Å². The minimum absolute atomic E-state index is 0.0210. The number of rotatable bonds is 5. The average Bonchev–Trinajstić information content (AvgIpc) is 2.33. The fourth-order valence-electron chi connectivity index (χ4n) is 2.28. The molecule has 0 radical (unpaired) electrons. The van der Waals surface area contributed by atoms with Gasteiger partial charge in [0.1, 0.15) is 0 Å². The van der Waals surface area contributed by atoms with Crippen LogP contribution in [0.3, 0.4) is 0 Å². The number of halogens is 3. The van der Waals surface area contributed by atoms with Crippen LogP contribution in [-0.4, -0.2) is 49.7 Å². The predicted molar refractivity (Wildman–Crippen MR) is 66.4 cm³/mol. The molecule has 1 atom stereocenters. The van der Waals surface area contributed by atoms with Crippen molar-refractivity contribution < 1.29 is 18.0 Å². The zero-order valence-electron chi connectivity index (χ0n) is 11.2. The molecule has 1 heterocycles. The van der Waals surface area contributed by atoms with E-state index in [1.54, 1.807) is 0 Å². The summed E-state index contributed by atoms with van der Waals surface area (Å²) in [5.74, 6) is -1.15. The Morgan fingerprint density at radius 3 is 2.42 bits per heavy atom. The van der Waals surface area contributed by atoms with Gasteiger partial charge in [-0.3, -0.25) is 4.79 Å². The van der Waals surface area contributed by atoms with Gasteiger partial charge in [-0.1, -0.05) is 0 Å². The number of hydrogen-bond acceptors (Lipinski definition) is 3. The highest BCUT2D eigenvalue weighted by Crippen LogP contribution is 2.27. The van der Waals surface area contributed by atoms with Gasteiger partial charge in [-0.15, -0.1) is 0 Å². The van der Waals surface area contributed by atoms with Crippen molar-refractivity contribution in [3.63, 3.8) is 0 Å². The van der Waals surface area contributed by atoms with E-state index >= 15 is 0 Å². The first-order valence-corrected chi connectivity index (χ1v) is 6.56. The molecule has 0 aliphatic carbocycles. The lowest BCUT2D eigenvalue weighted by Gasteiger charge is -2.34. The molecule has 0 aromatic carbocycles. The Bertz CT molecular complexity index is 288. The standard InChI is InChI=1S/C12H22F3N3O/c1-9(19)17-7-10-2-4-18(5-3-10)8-11(6-16)12(13,14)15/h10-11H,2-8,16H2,1H3,(H,17,19). The number of nitrogens with two attached hydrogens (primary N) is 1. The van der Waals surface area contributed by atoms with E-state index in [1.807, 2.05) is 4.90 Å². The Balaban J connectivity index is 2.31. The maximum Gasteiger partial charge on any atom is 0.394 e. The van der Waals surface area contributed by atoms with Crippen molar-refractivity contribution >= 4 is 5.91 Å². The van der Waals surface area contributed by atoms with Gasteiger partial charge in [-0.25, -0.2) is 0 Å². The van der Waals surface area contributed by atoms with Crippen LogP contribution in [0, 0.1) is 11.8 Å². The molecule has 1 rings (SSSR count).